The van der Waals surface area contributed by atoms with Crippen molar-refractivity contribution in [2.75, 3.05) is 0 Å². The molecule has 0 aliphatic carbocycles. The molecule has 2 aromatic carbocycles. The topological polar surface area (TPSA) is 102 Å². The molecule has 5 aromatic rings. The van der Waals surface area contributed by atoms with Gasteiger partial charge in [-0.05, 0) is 18.2 Å². The van der Waals surface area contributed by atoms with Gasteiger partial charge in [-0.2, -0.15) is 0 Å². The average molecular weight is 409 g/mol. The molecule has 1 N–H and O–H groups in total. The van der Waals surface area contributed by atoms with E-state index in [2.05, 4.69) is 36.0 Å². The van der Waals surface area contributed by atoms with Gasteiger partial charge in [0.25, 0.3) is 11.5 Å². The Morgan fingerprint density at radius 3 is 2.69 bits per heavy atom. The molecule has 0 aliphatic rings. The van der Waals surface area contributed by atoms with Crippen LogP contribution in [-0.4, -0.2) is 29.5 Å². The Balaban J connectivity index is 1.71. The maximum Gasteiger partial charge on any atom is 0.271 e. The van der Waals surface area contributed by atoms with Crippen LogP contribution < -0.4 is 0 Å². The van der Waals surface area contributed by atoms with Crippen molar-refractivity contribution in [2.24, 2.45) is 0 Å². The van der Waals surface area contributed by atoms with Gasteiger partial charge in [0, 0.05) is 27.6 Å². The van der Waals surface area contributed by atoms with E-state index < -0.39 is 4.92 Å². The van der Waals surface area contributed by atoms with Crippen LogP contribution in [0.5, 0.6) is 0 Å². The minimum Gasteiger partial charge on any atom is -0.336 e. The molecule has 3 heterocycles. The molecule has 0 saturated carbocycles. The molecule has 0 aliphatic heterocycles. The first-order chi connectivity index (χ1) is 12.6. The highest BCUT2D eigenvalue weighted by Crippen LogP contribution is 2.27. The zero-order valence-electron chi connectivity index (χ0n) is 13.0. The summed E-state index contributed by atoms with van der Waals surface area (Å²) >= 11 is 3.42. The number of nitrogens with one attached hydrogen (secondary N) is 1. The number of fused-ring (bicyclic) bond motifs is 4. The van der Waals surface area contributed by atoms with Crippen LogP contribution in [0.2, 0.25) is 0 Å². The van der Waals surface area contributed by atoms with Gasteiger partial charge in [0.2, 0.25) is 0 Å². The van der Waals surface area contributed by atoms with E-state index in [0.717, 1.165) is 21.1 Å². The molecule has 126 valence electrons. The summed E-state index contributed by atoms with van der Waals surface area (Å²) in [5, 5.41) is 16.2. The van der Waals surface area contributed by atoms with Crippen LogP contribution in [0.15, 0.2) is 53.1 Å². The maximum absolute atomic E-state index is 10.9. The van der Waals surface area contributed by atoms with Crippen molar-refractivity contribution in [3.63, 3.8) is 0 Å². The van der Waals surface area contributed by atoms with Crippen molar-refractivity contribution in [1.82, 2.24) is 24.6 Å². The Bertz CT molecular complexity index is 1320. The van der Waals surface area contributed by atoms with Gasteiger partial charge < -0.3 is 4.98 Å². The number of nitro benzene ring substituents is 1. The summed E-state index contributed by atoms with van der Waals surface area (Å²) in [5.74, 6) is 0.467. The minimum absolute atomic E-state index is 0.0198. The first-order valence-corrected chi connectivity index (χ1v) is 8.47. The minimum atomic E-state index is -0.427. The molecule has 0 spiro atoms. The number of rotatable bonds is 2. The number of nitrogens with zero attached hydrogens (tertiary/aromatic N) is 5. The number of halogens is 1. The summed E-state index contributed by atoms with van der Waals surface area (Å²) in [6.45, 7) is 0. The quantitative estimate of drug-likeness (QED) is 0.349. The van der Waals surface area contributed by atoms with Crippen LogP contribution >= 0.6 is 15.9 Å². The Hall–Kier alpha value is -3.33. The van der Waals surface area contributed by atoms with E-state index in [1.54, 1.807) is 16.8 Å². The Labute approximate surface area is 153 Å². The van der Waals surface area contributed by atoms with Gasteiger partial charge in [-0.3, -0.25) is 10.1 Å². The summed E-state index contributed by atoms with van der Waals surface area (Å²) in [6, 6.07) is 12.4. The van der Waals surface area contributed by atoms with Gasteiger partial charge in [-0.25, -0.2) is 14.5 Å². The van der Waals surface area contributed by atoms with Crippen LogP contribution in [0, 0.1) is 10.1 Å². The van der Waals surface area contributed by atoms with Crippen molar-refractivity contribution >= 4 is 49.5 Å². The first-order valence-electron chi connectivity index (χ1n) is 7.68. The second-order valence-corrected chi connectivity index (χ2v) is 6.71. The van der Waals surface area contributed by atoms with E-state index in [1.165, 1.54) is 12.1 Å². The Kier molecular flexibility index (Phi) is 3.07. The second kappa shape index (κ2) is 5.33. The number of hydrogen-bond acceptors (Lipinski definition) is 5. The fraction of sp³-hybridized carbons (Fsp3) is 0. The zero-order valence-corrected chi connectivity index (χ0v) is 14.6. The van der Waals surface area contributed by atoms with Gasteiger partial charge in [0.05, 0.1) is 22.3 Å². The number of H-pyrrole nitrogens is 1. The van der Waals surface area contributed by atoms with E-state index in [0.29, 0.717) is 22.5 Å². The molecule has 0 unspecified atom stereocenters. The van der Waals surface area contributed by atoms with Gasteiger partial charge in [-0.1, -0.05) is 28.1 Å². The zero-order chi connectivity index (χ0) is 17.8. The SMILES string of the molecule is O=[N+]([O-])c1ccc2c(c1)[nH]c1nn3cc(-c4ccc(Br)cc4)nc3nc12. The number of benzene rings is 2. The van der Waals surface area contributed by atoms with Crippen molar-refractivity contribution in [3.8, 4) is 11.3 Å². The number of imidazole rings is 1. The van der Waals surface area contributed by atoms with Crippen molar-refractivity contribution in [1.29, 1.82) is 0 Å². The largest absolute Gasteiger partial charge is 0.336 e. The fourth-order valence-electron chi connectivity index (χ4n) is 2.93. The van der Waals surface area contributed by atoms with E-state index in [1.807, 2.05) is 24.3 Å². The van der Waals surface area contributed by atoms with Crippen molar-refractivity contribution in [3.05, 3.63) is 63.2 Å². The summed E-state index contributed by atoms with van der Waals surface area (Å²) in [4.78, 5) is 22.7. The normalized spacial score (nSPS) is 11.6. The van der Waals surface area contributed by atoms with Gasteiger partial charge in [0.15, 0.2) is 5.65 Å². The number of hydrogen-bond donors (Lipinski definition) is 1. The van der Waals surface area contributed by atoms with E-state index >= 15 is 0 Å². The van der Waals surface area contributed by atoms with Crippen LogP contribution in [0.4, 0.5) is 5.69 Å². The molecule has 0 fully saturated rings. The predicted molar refractivity (Wildman–Crippen MR) is 99.9 cm³/mol. The van der Waals surface area contributed by atoms with Crippen LogP contribution in [0.25, 0.3) is 39.1 Å². The molecule has 26 heavy (non-hydrogen) atoms. The summed E-state index contributed by atoms with van der Waals surface area (Å²) < 4.78 is 2.60. The predicted octanol–water partition coefficient (Wildman–Crippen LogP) is 4.10. The molecule has 8 nitrogen and oxygen atoms in total. The lowest BCUT2D eigenvalue weighted by Gasteiger charge is -1.94. The molecule has 0 saturated heterocycles. The van der Waals surface area contributed by atoms with Crippen molar-refractivity contribution < 1.29 is 4.92 Å². The van der Waals surface area contributed by atoms with E-state index in [9.17, 15) is 10.1 Å². The average Bonchev–Trinajstić information content (AvgIpc) is 3.19. The summed E-state index contributed by atoms with van der Waals surface area (Å²) in [6.07, 6.45) is 1.80. The summed E-state index contributed by atoms with van der Waals surface area (Å²) in [7, 11) is 0. The lowest BCUT2D eigenvalue weighted by molar-refractivity contribution is -0.384. The highest BCUT2D eigenvalue weighted by atomic mass is 79.9. The first kappa shape index (κ1) is 15.0. The van der Waals surface area contributed by atoms with Crippen LogP contribution in [-0.2, 0) is 0 Å². The third-order valence-electron chi connectivity index (χ3n) is 4.18. The maximum atomic E-state index is 10.9. The van der Waals surface area contributed by atoms with Gasteiger partial charge in [-0.15, -0.1) is 5.10 Å². The number of nitro groups is 1. The van der Waals surface area contributed by atoms with E-state index in [-0.39, 0.29) is 5.69 Å². The highest BCUT2D eigenvalue weighted by molar-refractivity contribution is 9.10. The van der Waals surface area contributed by atoms with Crippen molar-refractivity contribution in [2.45, 2.75) is 0 Å². The Morgan fingerprint density at radius 2 is 1.92 bits per heavy atom. The van der Waals surface area contributed by atoms with Gasteiger partial charge >= 0.3 is 0 Å². The standard InChI is InChI=1S/C17H9BrN6O2/c18-10-3-1-9(2-4-10)14-8-23-17(20-14)21-15-12-6-5-11(24(25)26)7-13(12)19-16(15)22-23/h1-8H,(H,19,22). The molecule has 0 radical (unpaired) electrons. The highest BCUT2D eigenvalue weighted by Gasteiger charge is 2.14. The van der Waals surface area contributed by atoms with Crippen LogP contribution in [0.1, 0.15) is 0 Å². The fourth-order valence-corrected chi connectivity index (χ4v) is 3.20. The number of aromatic nitrogens is 5. The number of non-ortho nitro benzene ring substituents is 1. The second-order valence-electron chi connectivity index (χ2n) is 5.80. The molecule has 3 aromatic heterocycles. The molecular formula is C17H9BrN6O2. The molecular weight excluding hydrogens is 400 g/mol. The molecule has 0 atom stereocenters. The third kappa shape index (κ3) is 2.25. The monoisotopic (exact) mass is 408 g/mol. The van der Waals surface area contributed by atoms with E-state index in [4.69, 9.17) is 0 Å². The summed E-state index contributed by atoms with van der Waals surface area (Å²) in [5.41, 5.74) is 3.56. The molecule has 0 amide bonds. The van der Waals surface area contributed by atoms with Crippen LogP contribution in [0.3, 0.4) is 0 Å². The van der Waals surface area contributed by atoms with Gasteiger partial charge in [0.1, 0.15) is 5.52 Å². The molecule has 0 bridgehead atoms. The lowest BCUT2D eigenvalue weighted by atomic mass is 10.2. The number of aromatic amines is 1. The smallest absolute Gasteiger partial charge is 0.271 e. The lowest BCUT2D eigenvalue weighted by Crippen LogP contribution is -1.93. The third-order valence-corrected chi connectivity index (χ3v) is 4.70. The Morgan fingerprint density at radius 1 is 1.12 bits per heavy atom. The molecule has 9 heteroatoms. The molecule has 5 rings (SSSR count).